The van der Waals surface area contributed by atoms with Crippen LogP contribution in [-0.2, 0) is 17.8 Å². The second-order valence-electron chi connectivity index (χ2n) is 8.14. The summed E-state index contributed by atoms with van der Waals surface area (Å²) in [5.41, 5.74) is 4.86. The Bertz CT molecular complexity index is 1070. The Morgan fingerprint density at radius 1 is 1.39 bits per heavy atom. The van der Waals surface area contributed by atoms with Crippen molar-refractivity contribution in [1.82, 2.24) is 25.0 Å². The molecule has 8 heteroatoms. The lowest BCUT2D eigenvalue weighted by Crippen LogP contribution is -2.27. The molecule has 0 aliphatic carbocycles. The van der Waals surface area contributed by atoms with E-state index < -0.39 is 0 Å². The first kappa shape index (κ1) is 21.9. The van der Waals surface area contributed by atoms with Crippen molar-refractivity contribution in [2.24, 2.45) is 0 Å². The van der Waals surface area contributed by atoms with E-state index in [1.165, 1.54) is 22.6 Å². The predicted octanol–water partition coefficient (Wildman–Crippen LogP) is 3.50. The monoisotopic (exact) mass is 441 g/mol. The molecule has 1 aliphatic heterocycles. The lowest BCUT2D eigenvalue weighted by atomic mass is 9.95. The van der Waals surface area contributed by atoms with Gasteiger partial charge in [0.2, 0.25) is 0 Å². The second kappa shape index (κ2) is 9.46. The van der Waals surface area contributed by atoms with Gasteiger partial charge < -0.3 is 10.1 Å². The molecule has 3 aromatic rings. The fourth-order valence-corrected chi connectivity index (χ4v) is 5.72. The summed E-state index contributed by atoms with van der Waals surface area (Å²) in [6, 6.07) is 4.06. The number of methoxy groups -OCH3 is 1. The number of aryl methyl sites for hydroxylation is 2. The molecule has 0 bridgehead atoms. The van der Waals surface area contributed by atoms with Crippen molar-refractivity contribution in [2.75, 3.05) is 33.4 Å². The number of pyridine rings is 1. The van der Waals surface area contributed by atoms with E-state index in [0.717, 1.165) is 59.0 Å². The van der Waals surface area contributed by atoms with E-state index in [1.807, 2.05) is 6.07 Å². The molecule has 1 aliphatic rings. The minimum absolute atomic E-state index is 0.0237. The summed E-state index contributed by atoms with van der Waals surface area (Å²) in [5.74, 6) is 0.298. The predicted molar refractivity (Wildman–Crippen MR) is 124 cm³/mol. The van der Waals surface area contributed by atoms with E-state index >= 15 is 0 Å². The minimum Gasteiger partial charge on any atom is -0.383 e. The SMILES string of the molecule is CCn1nc(C)c(CN2CC[C@@H](c3c(C(=O)NCCOC)sc4ncccc34)C2)c1C. The summed E-state index contributed by atoms with van der Waals surface area (Å²) in [6.45, 7) is 11.2. The summed E-state index contributed by atoms with van der Waals surface area (Å²) in [4.78, 5) is 21.7. The largest absolute Gasteiger partial charge is 0.383 e. The average Bonchev–Trinajstić information content (AvgIpc) is 3.45. The zero-order valence-corrected chi connectivity index (χ0v) is 19.6. The number of carbonyl (C=O) groups is 1. The third-order valence-electron chi connectivity index (χ3n) is 6.20. The maximum absolute atomic E-state index is 13.0. The van der Waals surface area contributed by atoms with Gasteiger partial charge in [-0.3, -0.25) is 14.4 Å². The molecule has 1 amide bonds. The van der Waals surface area contributed by atoms with Crippen LogP contribution in [0.15, 0.2) is 18.3 Å². The quantitative estimate of drug-likeness (QED) is 0.542. The summed E-state index contributed by atoms with van der Waals surface area (Å²) in [6.07, 6.45) is 2.84. The molecule has 0 saturated carbocycles. The highest BCUT2D eigenvalue weighted by molar-refractivity contribution is 7.20. The number of hydrogen-bond acceptors (Lipinski definition) is 6. The Morgan fingerprint density at radius 2 is 2.23 bits per heavy atom. The van der Waals surface area contributed by atoms with E-state index in [0.29, 0.717) is 19.1 Å². The first-order chi connectivity index (χ1) is 15.0. The number of likely N-dealkylation sites (tertiary alicyclic amines) is 1. The number of aromatic nitrogens is 3. The molecule has 0 spiro atoms. The van der Waals surface area contributed by atoms with E-state index in [4.69, 9.17) is 4.74 Å². The van der Waals surface area contributed by atoms with Gasteiger partial charge in [-0.15, -0.1) is 11.3 Å². The van der Waals surface area contributed by atoms with Crippen LogP contribution >= 0.6 is 11.3 Å². The molecule has 31 heavy (non-hydrogen) atoms. The Morgan fingerprint density at radius 3 is 2.97 bits per heavy atom. The summed E-state index contributed by atoms with van der Waals surface area (Å²) in [7, 11) is 1.64. The maximum atomic E-state index is 13.0. The van der Waals surface area contributed by atoms with Crippen molar-refractivity contribution < 1.29 is 9.53 Å². The standard InChI is InChI=1S/C23H31N5O2S/c1-5-28-16(3)19(15(2)26-28)14-27-11-8-17(13-27)20-18-7-6-9-25-23(18)31-21(20)22(29)24-10-12-30-4/h6-7,9,17H,5,8,10-14H2,1-4H3,(H,24,29)/t17-/m1/s1. The Hall–Kier alpha value is -2.29. The zero-order chi connectivity index (χ0) is 22.0. The molecule has 1 saturated heterocycles. The molecule has 1 fully saturated rings. The number of amides is 1. The molecule has 0 aromatic carbocycles. The second-order valence-corrected chi connectivity index (χ2v) is 9.13. The number of ether oxygens (including phenoxy) is 1. The fraction of sp³-hybridized carbons (Fsp3) is 0.522. The molecule has 1 N–H and O–H groups in total. The van der Waals surface area contributed by atoms with Crippen LogP contribution in [0.2, 0.25) is 0 Å². The Balaban J connectivity index is 1.57. The summed E-state index contributed by atoms with van der Waals surface area (Å²) >= 11 is 1.50. The van der Waals surface area contributed by atoms with Gasteiger partial charge in [0.25, 0.3) is 5.91 Å². The molecule has 4 rings (SSSR count). The minimum atomic E-state index is -0.0237. The van der Waals surface area contributed by atoms with Gasteiger partial charge in [-0.05, 0) is 45.4 Å². The molecule has 7 nitrogen and oxygen atoms in total. The first-order valence-electron chi connectivity index (χ1n) is 10.9. The molecule has 1 atom stereocenters. The number of nitrogens with zero attached hydrogens (tertiary/aromatic N) is 4. The Labute approximate surface area is 187 Å². The van der Waals surface area contributed by atoms with Crippen LogP contribution in [-0.4, -0.2) is 58.9 Å². The van der Waals surface area contributed by atoms with Crippen LogP contribution in [0.1, 0.15) is 51.4 Å². The first-order valence-corrected chi connectivity index (χ1v) is 11.7. The van der Waals surface area contributed by atoms with Gasteiger partial charge in [0.05, 0.1) is 17.2 Å². The highest BCUT2D eigenvalue weighted by atomic mass is 32.1. The lowest BCUT2D eigenvalue weighted by molar-refractivity contribution is 0.0940. The third-order valence-corrected chi connectivity index (χ3v) is 7.32. The van der Waals surface area contributed by atoms with E-state index in [2.05, 4.69) is 51.8 Å². The van der Waals surface area contributed by atoms with Crippen molar-refractivity contribution >= 4 is 27.5 Å². The molecular weight excluding hydrogens is 410 g/mol. The van der Waals surface area contributed by atoms with Crippen molar-refractivity contribution in [3.63, 3.8) is 0 Å². The average molecular weight is 442 g/mol. The third kappa shape index (κ3) is 4.37. The Kier molecular flexibility index (Phi) is 6.69. The van der Waals surface area contributed by atoms with Crippen LogP contribution in [0.5, 0.6) is 0 Å². The van der Waals surface area contributed by atoms with Crippen LogP contribution in [0, 0.1) is 13.8 Å². The number of carbonyl (C=O) groups excluding carboxylic acids is 1. The zero-order valence-electron chi connectivity index (χ0n) is 18.8. The summed E-state index contributed by atoms with van der Waals surface area (Å²) in [5, 5.41) is 8.78. The topological polar surface area (TPSA) is 72.3 Å². The van der Waals surface area contributed by atoms with Gasteiger partial charge in [-0.2, -0.15) is 5.10 Å². The van der Waals surface area contributed by atoms with Gasteiger partial charge in [0.1, 0.15) is 4.83 Å². The van der Waals surface area contributed by atoms with Crippen LogP contribution < -0.4 is 5.32 Å². The fourth-order valence-electron chi connectivity index (χ4n) is 4.58. The normalized spacial score (nSPS) is 17.0. The van der Waals surface area contributed by atoms with Gasteiger partial charge >= 0.3 is 0 Å². The number of fused-ring (bicyclic) bond motifs is 1. The smallest absolute Gasteiger partial charge is 0.261 e. The molecule has 4 heterocycles. The number of thiophene rings is 1. The lowest BCUT2D eigenvalue weighted by Gasteiger charge is -2.17. The van der Waals surface area contributed by atoms with Crippen LogP contribution in [0.25, 0.3) is 10.2 Å². The number of nitrogens with one attached hydrogen (secondary N) is 1. The van der Waals surface area contributed by atoms with Crippen molar-refractivity contribution in [2.45, 2.75) is 46.2 Å². The van der Waals surface area contributed by atoms with E-state index in [-0.39, 0.29) is 5.91 Å². The van der Waals surface area contributed by atoms with Gasteiger partial charge in [0, 0.05) is 62.0 Å². The molecular formula is C23H31N5O2S. The van der Waals surface area contributed by atoms with Crippen LogP contribution in [0.4, 0.5) is 0 Å². The van der Waals surface area contributed by atoms with Crippen molar-refractivity contribution in [3.05, 3.63) is 45.7 Å². The molecule has 0 unspecified atom stereocenters. The highest BCUT2D eigenvalue weighted by Gasteiger charge is 2.31. The molecule has 166 valence electrons. The molecule has 0 radical (unpaired) electrons. The maximum Gasteiger partial charge on any atom is 0.261 e. The molecule has 3 aromatic heterocycles. The van der Waals surface area contributed by atoms with Crippen LogP contribution in [0.3, 0.4) is 0 Å². The van der Waals surface area contributed by atoms with Crippen molar-refractivity contribution in [1.29, 1.82) is 0 Å². The van der Waals surface area contributed by atoms with E-state index in [9.17, 15) is 4.79 Å². The highest BCUT2D eigenvalue weighted by Crippen LogP contribution is 2.39. The van der Waals surface area contributed by atoms with Gasteiger partial charge in [0.15, 0.2) is 0 Å². The van der Waals surface area contributed by atoms with Gasteiger partial charge in [-0.25, -0.2) is 4.98 Å². The van der Waals surface area contributed by atoms with Crippen molar-refractivity contribution in [3.8, 4) is 0 Å². The van der Waals surface area contributed by atoms with E-state index in [1.54, 1.807) is 13.3 Å². The number of hydrogen-bond donors (Lipinski definition) is 1. The van der Waals surface area contributed by atoms with Gasteiger partial charge in [-0.1, -0.05) is 6.07 Å². The summed E-state index contributed by atoms with van der Waals surface area (Å²) < 4.78 is 7.16. The number of rotatable bonds is 8.